The van der Waals surface area contributed by atoms with Crippen LogP contribution in [0.2, 0.25) is 0 Å². The van der Waals surface area contributed by atoms with E-state index in [1.54, 1.807) is 18.2 Å². The smallest absolute Gasteiger partial charge is 0.306 e. The zero-order valence-corrected chi connectivity index (χ0v) is 21.7. The van der Waals surface area contributed by atoms with Gasteiger partial charge in [0, 0.05) is 31.0 Å². The molecule has 0 bridgehead atoms. The van der Waals surface area contributed by atoms with Gasteiger partial charge in [-0.25, -0.2) is 0 Å². The van der Waals surface area contributed by atoms with Crippen LogP contribution in [-0.2, 0) is 39.3 Å². The van der Waals surface area contributed by atoms with Crippen LogP contribution in [0.1, 0.15) is 37.2 Å². The van der Waals surface area contributed by atoms with Crippen molar-refractivity contribution in [3.8, 4) is 34.8 Å². The van der Waals surface area contributed by atoms with Gasteiger partial charge < -0.3 is 27.3 Å². The maximum absolute atomic E-state index is 11.8. The molecular weight excluding hydrogens is 532 g/mol. The lowest BCUT2D eigenvalue weighted by molar-refractivity contribution is -0.145. The van der Waals surface area contributed by atoms with E-state index in [0.717, 1.165) is 25.5 Å². The highest BCUT2D eigenvalue weighted by Crippen LogP contribution is 2.35. The van der Waals surface area contributed by atoms with E-state index in [9.17, 15) is 26.4 Å². The molecule has 37 heavy (non-hydrogen) atoms. The molecular formula is C23H22O12S2. The lowest BCUT2D eigenvalue weighted by Gasteiger charge is -2.16. The summed E-state index contributed by atoms with van der Waals surface area (Å²) in [6, 6.07) is 8.18. The Morgan fingerprint density at radius 2 is 1.24 bits per heavy atom. The summed E-state index contributed by atoms with van der Waals surface area (Å²) >= 11 is 0. The van der Waals surface area contributed by atoms with Gasteiger partial charge in [0.05, 0.1) is 12.5 Å². The monoisotopic (exact) mass is 554 g/mol. The van der Waals surface area contributed by atoms with Crippen molar-refractivity contribution in [2.24, 2.45) is 0 Å². The quantitative estimate of drug-likeness (QED) is 0.266. The number of hydrogen-bond acceptors (Lipinski definition) is 12. The molecule has 0 fully saturated rings. The van der Waals surface area contributed by atoms with Crippen molar-refractivity contribution in [1.29, 1.82) is 0 Å². The molecule has 3 rings (SSSR count). The Labute approximate surface area is 213 Å². The van der Waals surface area contributed by atoms with Gasteiger partial charge in [0.2, 0.25) is 6.79 Å². The number of fused-ring (bicyclic) bond motifs is 1. The summed E-state index contributed by atoms with van der Waals surface area (Å²) in [5, 5.41) is 0. The van der Waals surface area contributed by atoms with E-state index in [0.29, 0.717) is 17.1 Å². The van der Waals surface area contributed by atoms with Crippen LogP contribution in [-0.4, -0.2) is 48.1 Å². The van der Waals surface area contributed by atoms with E-state index >= 15 is 0 Å². The lowest BCUT2D eigenvalue weighted by Crippen LogP contribution is -2.12. The summed E-state index contributed by atoms with van der Waals surface area (Å²) in [6.07, 6.45) is -0.911. The zero-order chi connectivity index (χ0) is 27.4. The molecule has 2 aromatic carbocycles. The Balaban J connectivity index is 2.07. The standard InChI is InChI=1S/C23H22O12S2/c1-14(24)32-20(16-5-6-22-23(11-16)31-13-30-22)7-8-21(33-15(2)25)17-9-18(34-36(3,26)27)12-19(10-17)35-37(4,28)29/h5-6,9-12,20-21H,13H2,1-4H3. The fourth-order valence-electron chi connectivity index (χ4n) is 3.11. The molecule has 1 aliphatic rings. The largest absolute Gasteiger partial charge is 0.454 e. The maximum Gasteiger partial charge on any atom is 0.306 e. The van der Waals surface area contributed by atoms with Crippen LogP contribution in [0.3, 0.4) is 0 Å². The van der Waals surface area contributed by atoms with Crippen molar-refractivity contribution in [3.05, 3.63) is 47.5 Å². The van der Waals surface area contributed by atoms with Crippen LogP contribution in [0.4, 0.5) is 0 Å². The van der Waals surface area contributed by atoms with Crippen LogP contribution in [0.25, 0.3) is 0 Å². The minimum absolute atomic E-state index is 0.0229. The van der Waals surface area contributed by atoms with Crippen LogP contribution in [0.5, 0.6) is 23.0 Å². The highest BCUT2D eigenvalue weighted by Gasteiger charge is 2.21. The Kier molecular flexibility index (Phi) is 8.19. The Bertz CT molecular complexity index is 1430. The van der Waals surface area contributed by atoms with E-state index in [2.05, 4.69) is 11.8 Å². The van der Waals surface area contributed by atoms with E-state index in [1.807, 2.05) is 0 Å². The predicted octanol–water partition coefficient (Wildman–Crippen LogP) is 2.00. The molecule has 0 saturated heterocycles. The van der Waals surface area contributed by atoms with Crippen LogP contribution < -0.4 is 17.8 Å². The Morgan fingerprint density at radius 3 is 1.73 bits per heavy atom. The fraction of sp³-hybridized carbons (Fsp3) is 0.304. The minimum atomic E-state index is -4.01. The first-order chi connectivity index (χ1) is 17.2. The first kappa shape index (κ1) is 27.6. The third kappa shape index (κ3) is 8.58. The fourth-order valence-corrected chi connectivity index (χ4v) is 4.00. The molecule has 1 aliphatic heterocycles. The highest BCUT2D eigenvalue weighted by molar-refractivity contribution is 7.86. The molecule has 0 amide bonds. The van der Waals surface area contributed by atoms with Gasteiger partial charge in [0.25, 0.3) is 0 Å². The lowest BCUT2D eigenvalue weighted by atomic mass is 10.1. The van der Waals surface area contributed by atoms with Gasteiger partial charge in [-0.1, -0.05) is 6.07 Å². The first-order valence-corrected chi connectivity index (χ1v) is 14.0. The number of ether oxygens (including phenoxy) is 4. The van der Waals surface area contributed by atoms with Gasteiger partial charge in [-0.3, -0.25) is 9.59 Å². The zero-order valence-electron chi connectivity index (χ0n) is 20.0. The molecule has 0 aromatic heterocycles. The molecule has 0 radical (unpaired) electrons. The van der Waals surface area contributed by atoms with Gasteiger partial charge in [0.15, 0.2) is 23.7 Å². The van der Waals surface area contributed by atoms with Gasteiger partial charge in [0.1, 0.15) is 11.5 Å². The number of carbonyl (C=O) groups excluding carboxylic acids is 2. The molecule has 2 atom stereocenters. The van der Waals surface area contributed by atoms with Crippen LogP contribution in [0.15, 0.2) is 36.4 Å². The van der Waals surface area contributed by atoms with Gasteiger partial charge in [-0.05, 0) is 36.1 Å². The van der Waals surface area contributed by atoms with Crippen molar-refractivity contribution in [1.82, 2.24) is 0 Å². The summed E-state index contributed by atoms with van der Waals surface area (Å²) in [5.41, 5.74) is 0.457. The Hall–Kier alpha value is -3.96. The van der Waals surface area contributed by atoms with Crippen LogP contribution >= 0.6 is 0 Å². The van der Waals surface area contributed by atoms with Crippen molar-refractivity contribution in [2.75, 3.05) is 19.3 Å². The van der Waals surface area contributed by atoms with Gasteiger partial charge in [-0.15, -0.1) is 0 Å². The van der Waals surface area contributed by atoms with Crippen molar-refractivity contribution in [2.45, 2.75) is 26.1 Å². The number of benzene rings is 2. The molecule has 2 aromatic rings. The van der Waals surface area contributed by atoms with Crippen molar-refractivity contribution in [3.63, 3.8) is 0 Å². The summed E-state index contributed by atoms with van der Waals surface area (Å²) in [4.78, 5) is 23.5. The molecule has 0 N–H and O–H groups in total. The average Bonchev–Trinajstić information content (AvgIpc) is 3.20. The summed E-state index contributed by atoms with van der Waals surface area (Å²) < 4.78 is 77.5. The third-order valence-corrected chi connectivity index (χ3v) is 5.30. The maximum atomic E-state index is 11.8. The molecule has 2 unspecified atom stereocenters. The number of carbonyl (C=O) groups is 2. The molecule has 1 heterocycles. The molecule has 198 valence electrons. The molecule has 0 aliphatic carbocycles. The number of hydrogen-bond donors (Lipinski definition) is 0. The second-order valence-corrected chi connectivity index (χ2v) is 10.8. The van der Waals surface area contributed by atoms with E-state index in [1.165, 1.54) is 19.1 Å². The number of esters is 2. The minimum Gasteiger partial charge on any atom is -0.454 e. The third-order valence-electron chi connectivity index (χ3n) is 4.31. The molecule has 0 spiro atoms. The summed E-state index contributed by atoms with van der Waals surface area (Å²) in [7, 11) is -8.02. The molecule has 12 nitrogen and oxygen atoms in total. The molecule has 14 heteroatoms. The van der Waals surface area contributed by atoms with Crippen LogP contribution in [0, 0.1) is 11.8 Å². The van der Waals surface area contributed by atoms with E-state index in [-0.39, 0.29) is 23.9 Å². The predicted molar refractivity (Wildman–Crippen MR) is 127 cm³/mol. The SMILES string of the molecule is CC(=O)OC(C#CC(OC(C)=O)c1ccc2c(c1)OCO2)c1cc(OS(C)(=O)=O)cc(OS(C)(=O)=O)c1. The second kappa shape index (κ2) is 11.0. The summed E-state index contributed by atoms with van der Waals surface area (Å²) in [6.45, 7) is 2.33. The highest BCUT2D eigenvalue weighted by atomic mass is 32.2. The average molecular weight is 555 g/mol. The normalized spacial score (nSPS) is 13.9. The van der Waals surface area contributed by atoms with Crippen molar-refractivity contribution >= 4 is 32.2 Å². The van der Waals surface area contributed by atoms with Gasteiger partial charge in [-0.2, -0.15) is 16.8 Å². The second-order valence-electron chi connectivity index (χ2n) is 7.69. The molecule has 0 saturated carbocycles. The van der Waals surface area contributed by atoms with Gasteiger partial charge >= 0.3 is 32.2 Å². The summed E-state index contributed by atoms with van der Waals surface area (Å²) in [5.74, 6) is 4.26. The first-order valence-electron chi connectivity index (χ1n) is 10.4. The Morgan fingerprint density at radius 1 is 0.757 bits per heavy atom. The topological polar surface area (TPSA) is 158 Å². The van der Waals surface area contributed by atoms with E-state index in [4.69, 9.17) is 27.3 Å². The van der Waals surface area contributed by atoms with E-state index < -0.39 is 44.4 Å². The van der Waals surface area contributed by atoms with Crippen molar-refractivity contribution < 1.29 is 53.7 Å². The number of rotatable bonds is 8.